The minimum Gasteiger partial charge on any atom is -0.392 e. The molecule has 2 N–H and O–H groups in total. The van der Waals surface area contributed by atoms with Gasteiger partial charge in [-0.2, -0.15) is 0 Å². The van der Waals surface area contributed by atoms with Gasteiger partial charge in [0.25, 0.3) is 5.91 Å². The zero-order chi connectivity index (χ0) is 16.9. The summed E-state index contributed by atoms with van der Waals surface area (Å²) in [5.74, 6) is -0.455. The van der Waals surface area contributed by atoms with Gasteiger partial charge in [0.1, 0.15) is 11.5 Å². The lowest BCUT2D eigenvalue weighted by Crippen LogP contribution is -2.44. The van der Waals surface area contributed by atoms with E-state index in [9.17, 15) is 9.18 Å². The molecule has 1 aliphatic rings. The maximum atomic E-state index is 13.0. The Kier molecular flexibility index (Phi) is 5.05. The Bertz CT molecular complexity index is 698. The number of pyridine rings is 1. The third-order valence-electron chi connectivity index (χ3n) is 4.26. The van der Waals surface area contributed by atoms with Crippen molar-refractivity contribution in [1.29, 1.82) is 0 Å². The van der Waals surface area contributed by atoms with Crippen molar-refractivity contribution in [2.75, 3.05) is 18.0 Å². The van der Waals surface area contributed by atoms with Gasteiger partial charge >= 0.3 is 0 Å². The minimum atomic E-state index is -0.237. The highest BCUT2D eigenvalue weighted by Gasteiger charge is 2.21. The number of carbonyl (C=O) groups excluding carboxylic acids is 1. The van der Waals surface area contributed by atoms with E-state index >= 15 is 0 Å². The number of carbonyl (C=O) groups is 1. The van der Waals surface area contributed by atoms with Crippen LogP contribution in [0.25, 0.3) is 0 Å². The number of benzene rings is 1. The summed E-state index contributed by atoms with van der Waals surface area (Å²) in [6.07, 6.45) is 3.17. The third-order valence-corrected chi connectivity index (χ3v) is 4.26. The Morgan fingerprint density at radius 2 is 1.96 bits per heavy atom. The van der Waals surface area contributed by atoms with Crippen LogP contribution in [0.15, 0.2) is 42.6 Å². The summed E-state index contributed by atoms with van der Waals surface area (Å²) >= 11 is 0. The molecule has 2 heterocycles. The number of rotatable bonds is 4. The SMILES string of the molecule is O=C(NC1CCN(c2ccc(F)cc2)CC1)c1cc(CO)ccn1. The van der Waals surface area contributed by atoms with Crippen molar-refractivity contribution in [2.24, 2.45) is 0 Å². The van der Waals surface area contributed by atoms with Crippen LogP contribution in [0.5, 0.6) is 0 Å². The smallest absolute Gasteiger partial charge is 0.270 e. The number of aliphatic hydroxyl groups is 1. The van der Waals surface area contributed by atoms with Gasteiger partial charge in [0.2, 0.25) is 0 Å². The zero-order valence-corrected chi connectivity index (χ0v) is 13.3. The first-order valence-corrected chi connectivity index (χ1v) is 8.03. The molecule has 0 unspecified atom stereocenters. The van der Waals surface area contributed by atoms with Crippen LogP contribution in [0, 0.1) is 5.82 Å². The van der Waals surface area contributed by atoms with Crippen LogP contribution in [-0.2, 0) is 6.61 Å². The maximum absolute atomic E-state index is 13.0. The molecule has 1 aromatic heterocycles. The molecule has 1 aromatic carbocycles. The number of aliphatic hydroxyl groups excluding tert-OH is 1. The second-order valence-corrected chi connectivity index (χ2v) is 5.92. The van der Waals surface area contributed by atoms with Gasteiger partial charge in [0.05, 0.1) is 6.61 Å². The molecule has 24 heavy (non-hydrogen) atoms. The van der Waals surface area contributed by atoms with Gasteiger partial charge in [-0.05, 0) is 54.8 Å². The highest BCUT2D eigenvalue weighted by molar-refractivity contribution is 5.92. The number of piperidine rings is 1. The van der Waals surface area contributed by atoms with Gasteiger partial charge in [0.15, 0.2) is 0 Å². The summed E-state index contributed by atoms with van der Waals surface area (Å²) in [5, 5.41) is 12.1. The van der Waals surface area contributed by atoms with Crippen molar-refractivity contribution in [3.63, 3.8) is 0 Å². The number of nitrogens with zero attached hydrogens (tertiary/aromatic N) is 2. The van der Waals surface area contributed by atoms with Crippen molar-refractivity contribution < 1.29 is 14.3 Å². The normalized spacial score (nSPS) is 15.3. The van der Waals surface area contributed by atoms with E-state index in [0.29, 0.717) is 11.3 Å². The number of nitrogens with one attached hydrogen (secondary N) is 1. The minimum absolute atomic E-state index is 0.0915. The van der Waals surface area contributed by atoms with Crippen molar-refractivity contribution in [3.8, 4) is 0 Å². The molecule has 0 saturated carbocycles. The van der Waals surface area contributed by atoms with E-state index in [4.69, 9.17) is 5.11 Å². The molecule has 0 bridgehead atoms. The van der Waals surface area contributed by atoms with Gasteiger partial charge < -0.3 is 15.3 Å². The first kappa shape index (κ1) is 16.4. The van der Waals surface area contributed by atoms with Crippen LogP contribution in [0.3, 0.4) is 0 Å². The number of halogens is 1. The van der Waals surface area contributed by atoms with Gasteiger partial charge in [0, 0.05) is 31.0 Å². The van der Waals surface area contributed by atoms with Crippen LogP contribution < -0.4 is 10.2 Å². The van der Waals surface area contributed by atoms with E-state index in [1.807, 2.05) is 0 Å². The van der Waals surface area contributed by atoms with Crippen LogP contribution in [0.2, 0.25) is 0 Å². The summed E-state index contributed by atoms with van der Waals surface area (Å²) < 4.78 is 13.0. The molecule has 1 fully saturated rings. The van der Waals surface area contributed by atoms with E-state index in [2.05, 4.69) is 15.2 Å². The largest absolute Gasteiger partial charge is 0.392 e. The molecule has 5 nitrogen and oxygen atoms in total. The average Bonchev–Trinajstić information content (AvgIpc) is 2.63. The van der Waals surface area contributed by atoms with Crippen LogP contribution in [0.4, 0.5) is 10.1 Å². The summed E-state index contributed by atoms with van der Waals surface area (Å²) in [7, 11) is 0. The molecule has 2 aromatic rings. The molecule has 1 amide bonds. The highest BCUT2D eigenvalue weighted by atomic mass is 19.1. The van der Waals surface area contributed by atoms with E-state index in [0.717, 1.165) is 31.6 Å². The molecule has 0 aliphatic carbocycles. The summed E-state index contributed by atoms with van der Waals surface area (Å²) in [6, 6.07) is 9.85. The zero-order valence-electron chi connectivity index (χ0n) is 13.3. The average molecular weight is 329 g/mol. The second-order valence-electron chi connectivity index (χ2n) is 5.92. The van der Waals surface area contributed by atoms with Crippen LogP contribution in [-0.4, -0.2) is 35.1 Å². The number of anilines is 1. The van der Waals surface area contributed by atoms with Crippen LogP contribution in [0.1, 0.15) is 28.9 Å². The summed E-state index contributed by atoms with van der Waals surface area (Å²) in [4.78, 5) is 18.5. The molecule has 3 rings (SSSR count). The Morgan fingerprint density at radius 1 is 1.25 bits per heavy atom. The van der Waals surface area contributed by atoms with Crippen molar-refractivity contribution in [3.05, 3.63) is 59.7 Å². The summed E-state index contributed by atoms with van der Waals surface area (Å²) in [5.41, 5.74) is 1.99. The molecule has 0 atom stereocenters. The standard InChI is InChI=1S/C18H20FN3O2/c19-14-1-3-16(4-2-14)22-9-6-15(7-10-22)21-18(24)17-11-13(12-23)5-8-20-17/h1-5,8,11,15,23H,6-7,9-10,12H2,(H,21,24). The molecule has 126 valence electrons. The number of amides is 1. The fraction of sp³-hybridized carbons (Fsp3) is 0.333. The topological polar surface area (TPSA) is 65.5 Å². The van der Waals surface area contributed by atoms with E-state index in [1.165, 1.54) is 18.3 Å². The van der Waals surface area contributed by atoms with Crippen molar-refractivity contribution in [1.82, 2.24) is 10.3 Å². The Labute approximate surface area is 140 Å². The Morgan fingerprint density at radius 3 is 2.62 bits per heavy atom. The predicted molar refractivity (Wildman–Crippen MR) is 89.3 cm³/mol. The molecular formula is C18H20FN3O2. The lowest BCUT2D eigenvalue weighted by atomic mass is 10.0. The highest BCUT2D eigenvalue weighted by Crippen LogP contribution is 2.20. The Balaban J connectivity index is 1.55. The molecule has 0 radical (unpaired) electrons. The van der Waals surface area contributed by atoms with Gasteiger partial charge in [-0.25, -0.2) is 4.39 Å². The maximum Gasteiger partial charge on any atom is 0.270 e. The van der Waals surface area contributed by atoms with Gasteiger partial charge in [-0.15, -0.1) is 0 Å². The fourth-order valence-corrected chi connectivity index (χ4v) is 2.89. The molecule has 0 spiro atoms. The van der Waals surface area contributed by atoms with E-state index < -0.39 is 0 Å². The quantitative estimate of drug-likeness (QED) is 0.902. The molecule has 6 heteroatoms. The first-order chi connectivity index (χ1) is 11.7. The lowest BCUT2D eigenvalue weighted by Gasteiger charge is -2.33. The molecular weight excluding hydrogens is 309 g/mol. The monoisotopic (exact) mass is 329 g/mol. The van der Waals surface area contributed by atoms with Gasteiger partial charge in [-0.3, -0.25) is 9.78 Å². The number of hydrogen-bond acceptors (Lipinski definition) is 4. The summed E-state index contributed by atoms with van der Waals surface area (Å²) in [6.45, 7) is 1.50. The van der Waals surface area contributed by atoms with Crippen molar-refractivity contribution in [2.45, 2.75) is 25.5 Å². The fourth-order valence-electron chi connectivity index (χ4n) is 2.89. The van der Waals surface area contributed by atoms with Crippen molar-refractivity contribution >= 4 is 11.6 Å². The molecule has 1 saturated heterocycles. The first-order valence-electron chi connectivity index (χ1n) is 8.03. The number of hydrogen-bond donors (Lipinski definition) is 2. The van der Waals surface area contributed by atoms with E-state index in [1.54, 1.807) is 24.3 Å². The van der Waals surface area contributed by atoms with E-state index in [-0.39, 0.29) is 24.4 Å². The van der Waals surface area contributed by atoms with Crippen LogP contribution >= 0.6 is 0 Å². The lowest BCUT2D eigenvalue weighted by molar-refractivity contribution is 0.0926. The second kappa shape index (κ2) is 7.40. The third kappa shape index (κ3) is 3.89. The Hall–Kier alpha value is -2.47. The molecule has 1 aliphatic heterocycles. The van der Waals surface area contributed by atoms with Gasteiger partial charge in [-0.1, -0.05) is 0 Å². The predicted octanol–water partition coefficient (Wildman–Crippen LogP) is 2.11. The number of aromatic nitrogens is 1.